The third-order valence-corrected chi connectivity index (χ3v) is 3.08. The predicted molar refractivity (Wildman–Crippen MR) is 63.8 cm³/mol. The van der Waals surface area contributed by atoms with E-state index in [1.54, 1.807) is 18.1 Å². The minimum atomic E-state index is -0.226. The highest BCUT2D eigenvalue weighted by Gasteiger charge is 2.29. The van der Waals surface area contributed by atoms with Gasteiger partial charge in [0.15, 0.2) is 0 Å². The van der Waals surface area contributed by atoms with Gasteiger partial charge >= 0.3 is 0 Å². The average molecular weight is 286 g/mol. The van der Waals surface area contributed by atoms with Crippen molar-refractivity contribution in [2.45, 2.75) is 12.5 Å². The van der Waals surface area contributed by atoms with Gasteiger partial charge in [0.05, 0.1) is 4.47 Å². The quantitative estimate of drug-likeness (QED) is 0.825. The summed E-state index contributed by atoms with van der Waals surface area (Å²) in [5, 5.41) is 3.06. The topological polar surface area (TPSA) is 84.1 Å². The number of nitrogens with two attached hydrogens (primary N) is 1. The zero-order valence-corrected chi connectivity index (χ0v) is 10.4. The van der Waals surface area contributed by atoms with Crippen molar-refractivity contribution in [3.63, 3.8) is 0 Å². The molecule has 1 aliphatic rings. The zero-order valence-electron chi connectivity index (χ0n) is 8.77. The van der Waals surface area contributed by atoms with Crippen LogP contribution in [-0.4, -0.2) is 40.4 Å². The van der Waals surface area contributed by atoms with Crippen molar-refractivity contribution >= 4 is 33.6 Å². The first-order chi connectivity index (χ1) is 7.58. The van der Waals surface area contributed by atoms with Crippen LogP contribution in [0.5, 0.6) is 0 Å². The van der Waals surface area contributed by atoms with E-state index in [-0.39, 0.29) is 17.9 Å². The minimum absolute atomic E-state index is 0.0732. The van der Waals surface area contributed by atoms with Gasteiger partial charge in [-0.25, -0.2) is 4.98 Å². The molecular weight excluding hydrogens is 274 g/mol. The number of nitrogens with one attached hydrogen (secondary N) is 1. The Labute approximate surface area is 101 Å². The summed E-state index contributed by atoms with van der Waals surface area (Å²) in [6.45, 7) is 0.759. The Balaban J connectivity index is 2.15. The third-order valence-electron chi connectivity index (χ3n) is 2.50. The Morgan fingerprint density at radius 1 is 1.69 bits per heavy atom. The first kappa shape index (κ1) is 11.1. The van der Waals surface area contributed by atoms with Crippen LogP contribution in [0, 0.1) is 0 Å². The van der Waals surface area contributed by atoms with Crippen molar-refractivity contribution in [3.8, 4) is 0 Å². The lowest BCUT2D eigenvalue weighted by atomic mass is 10.2. The molecule has 0 radical (unpaired) electrons. The molecule has 2 heterocycles. The van der Waals surface area contributed by atoms with Gasteiger partial charge in [-0.3, -0.25) is 4.79 Å². The van der Waals surface area contributed by atoms with E-state index < -0.39 is 0 Å². The molecule has 1 aliphatic heterocycles. The van der Waals surface area contributed by atoms with Crippen LogP contribution in [0.15, 0.2) is 10.7 Å². The third kappa shape index (κ3) is 2.08. The van der Waals surface area contributed by atoms with Crippen molar-refractivity contribution < 1.29 is 4.79 Å². The standard InChI is InChI=1S/C9H12BrN5O/c1-15-3-2-6(8(15)16)13-7-5(10)4-12-9(11)14-7/h4,6H,2-3H2,1H3,(H3,11,12,13,14). The largest absolute Gasteiger partial charge is 0.368 e. The molecule has 0 saturated carbocycles. The van der Waals surface area contributed by atoms with Gasteiger partial charge in [0.2, 0.25) is 11.9 Å². The Bertz CT molecular complexity index is 424. The van der Waals surface area contributed by atoms with Gasteiger partial charge in [-0.1, -0.05) is 0 Å². The van der Waals surface area contributed by atoms with E-state index in [4.69, 9.17) is 5.73 Å². The summed E-state index contributed by atoms with van der Waals surface area (Å²) in [4.78, 5) is 21.2. The molecule has 1 aromatic rings. The Morgan fingerprint density at radius 3 is 3.06 bits per heavy atom. The number of aromatic nitrogens is 2. The molecule has 1 atom stereocenters. The molecule has 1 saturated heterocycles. The second kappa shape index (κ2) is 4.25. The molecule has 1 fully saturated rings. The molecule has 0 spiro atoms. The summed E-state index contributed by atoms with van der Waals surface area (Å²) < 4.78 is 0.698. The summed E-state index contributed by atoms with van der Waals surface area (Å²) >= 11 is 3.30. The van der Waals surface area contributed by atoms with E-state index in [9.17, 15) is 4.79 Å². The predicted octanol–water partition coefficient (Wildman–Crippen LogP) is 0.464. The van der Waals surface area contributed by atoms with Crippen LogP contribution in [0.25, 0.3) is 0 Å². The molecule has 1 aromatic heterocycles. The van der Waals surface area contributed by atoms with Gasteiger partial charge in [0.1, 0.15) is 11.9 Å². The molecule has 0 aromatic carbocycles. The van der Waals surface area contributed by atoms with Crippen molar-refractivity contribution in [2.75, 3.05) is 24.6 Å². The summed E-state index contributed by atoms with van der Waals surface area (Å²) in [5.74, 6) is 0.815. The number of nitrogens with zero attached hydrogens (tertiary/aromatic N) is 3. The monoisotopic (exact) mass is 285 g/mol. The average Bonchev–Trinajstić information content (AvgIpc) is 2.55. The number of halogens is 1. The van der Waals surface area contributed by atoms with E-state index in [0.717, 1.165) is 13.0 Å². The van der Waals surface area contributed by atoms with Gasteiger partial charge in [-0.2, -0.15) is 4.98 Å². The molecule has 86 valence electrons. The SMILES string of the molecule is CN1CCC(Nc2nc(N)ncc2Br)C1=O. The second-order valence-electron chi connectivity index (χ2n) is 3.67. The van der Waals surface area contributed by atoms with Gasteiger partial charge in [0.25, 0.3) is 0 Å². The number of likely N-dealkylation sites (N-methyl/N-ethyl adjacent to an activating group) is 1. The maximum atomic E-state index is 11.7. The fourth-order valence-electron chi connectivity index (χ4n) is 1.60. The number of nitrogen functional groups attached to an aromatic ring is 1. The van der Waals surface area contributed by atoms with Gasteiger partial charge in [0, 0.05) is 19.8 Å². The van der Waals surface area contributed by atoms with Crippen molar-refractivity contribution in [2.24, 2.45) is 0 Å². The highest BCUT2D eigenvalue weighted by Crippen LogP contribution is 2.22. The van der Waals surface area contributed by atoms with E-state index in [1.807, 2.05) is 0 Å². The molecule has 1 unspecified atom stereocenters. The number of anilines is 2. The lowest BCUT2D eigenvalue weighted by molar-refractivity contribution is -0.127. The number of hydrogen-bond donors (Lipinski definition) is 2. The van der Waals surface area contributed by atoms with E-state index in [2.05, 4.69) is 31.2 Å². The molecule has 6 nitrogen and oxygen atoms in total. The minimum Gasteiger partial charge on any atom is -0.368 e. The zero-order chi connectivity index (χ0) is 11.7. The van der Waals surface area contributed by atoms with Crippen LogP contribution in [-0.2, 0) is 4.79 Å². The second-order valence-corrected chi connectivity index (χ2v) is 4.52. The fraction of sp³-hybridized carbons (Fsp3) is 0.444. The summed E-state index contributed by atoms with van der Waals surface area (Å²) in [5.41, 5.74) is 5.49. The van der Waals surface area contributed by atoms with E-state index >= 15 is 0 Å². The molecule has 1 amide bonds. The van der Waals surface area contributed by atoms with Crippen LogP contribution in [0.4, 0.5) is 11.8 Å². The van der Waals surface area contributed by atoms with E-state index in [1.165, 1.54) is 0 Å². The number of carbonyl (C=O) groups excluding carboxylic acids is 1. The van der Waals surface area contributed by atoms with Crippen molar-refractivity contribution in [1.82, 2.24) is 14.9 Å². The van der Waals surface area contributed by atoms with Gasteiger partial charge in [-0.05, 0) is 22.4 Å². The molecule has 7 heteroatoms. The summed E-state index contributed by atoms with van der Waals surface area (Å²) in [6, 6.07) is -0.226. The Kier molecular flexibility index (Phi) is 2.95. The smallest absolute Gasteiger partial charge is 0.244 e. The normalized spacial score (nSPS) is 20.2. The van der Waals surface area contributed by atoms with Crippen LogP contribution < -0.4 is 11.1 Å². The summed E-state index contributed by atoms with van der Waals surface area (Å²) in [6.07, 6.45) is 2.33. The number of carbonyl (C=O) groups is 1. The molecule has 16 heavy (non-hydrogen) atoms. The first-order valence-corrected chi connectivity index (χ1v) is 5.67. The molecule has 0 bridgehead atoms. The number of hydrogen-bond acceptors (Lipinski definition) is 5. The molecular formula is C9H12BrN5O. The molecule has 0 aliphatic carbocycles. The summed E-state index contributed by atoms with van der Waals surface area (Å²) in [7, 11) is 1.79. The van der Waals surface area contributed by atoms with Gasteiger partial charge in [-0.15, -0.1) is 0 Å². The van der Waals surface area contributed by atoms with Crippen molar-refractivity contribution in [1.29, 1.82) is 0 Å². The van der Waals surface area contributed by atoms with E-state index in [0.29, 0.717) is 10.3 Å². The number of rotatable bonds is 2. The highest BCUT2D eigenvalue weighted by atomic mass is 79.9. The fourth-order valence-corrected chi connectivity index (χ4v) is 1.91. The Morgan fingerprint density at radius 2 is 2.44 bits per heavy atom. The van der Waals surface area contributed by atoms with Crippen LogP contribution in [0.2, 0.25) is 0 Å². The number of amides is 1. The van der Waals surface area contributed by atoms with Gasteiger partial charge < -0.3 is 16.0 Å². The molecule has 2 rings (SSSR count). The Hall–Kier alpha value is -1.37. The first-order valence-electron chi connectivity index (χ1n) is 4.87. The lowest BCUT2D eigenvalue weighted by Gasteiger charge is -2.13. The maximum Gasteiger partial charge on any atom is 0.244 e. The van der Waals surface area contributed by atoms with Crippen molar-refractivity contribution in [3.05, 3.63) is 10.7 Å². The lowest BCUT2D eigenvalue weighted by Crippen LogP contribution is -2.31. The van der Waals surface area contributed by atoms with Crippen LogP contribution >= 0.6 is 15.9 Å². The highest BCUT2D eigenvalue weighted by molar-refractivity contribution is 9.10. The number of likely N-dealkylation sites (tertiary alicyclic amines) is 1. The van der Waals surface area contributed by atoms with Crippen LogP contribution in [0.3, 0.4) is 0 Å². The maximum absolute atomic E-state index is 11.7. The van der Waals surface area contributed by atoms with Crippen LogP contribution in [0.1, 0.15) is 6.42 Å². The molecule has 3 N–H and O–H groups in total.